The number of para-hydroxylation sites is 1. The lowest BCUT2D eigenvalue weighted by molar-refractivity contribution is 0.600. The van der Waals surface area contributed by atoms with Crippen molar-refractivity contribution in [3.63, 3.8) is 0 Å². The van der Waals surface area contributed by atoms with Crippen LogP contribution in [-0.4, -0.2) is 36.7 Å². The zero-order chi connectivity index (χ0) is 24.0. The summed E-state index contributed by atoms with van der Waals surface area (Å²) in [4.78, 5) is 0. The van der Waals surface area contributed by atoms with Gasteiger partial charge in [-0.25, -0.2) is 8.42 Å². The Hall–Kier alpha value is -3.64. The maximum atomic E-state index is 12.3. The SMILES string of the molecule is CCn1c2ccccc2c2cc(/C=N\N(c3ccc4ccccc4c3)C3CCS(=O)(=O)C3)ccc21. The zero-order valence-electron chi connectivity index (χ0n) is 19.6. The molecule has 1 aliphatic rings. The lowest BCUT2D eigenvalue weighted by atomic mass is 10.1. The number of sulfone groups is 1. The number of fused-ring (bicyclic) bond motifs is 4. The van der Waals surface area contributed by atoms with Gasteiger partial charge >= 0.3 is 0 Å². The highest BCUT2D eigenvalue weighted by Gasteiger charge is 2.32. The van der Waals surface area contributed by atoms with Gasteiger partial charge in [-0.15, -0.1) is 0 Å². The van der Waals surface area contributed by atoms with Gasteiger partial charge in [0.1, 0.15) is 0 Å². The Morgan fingerprint density at radius 1 is 0.914 bits per heavy atom. The summed E-state index contributed by atoms with van der Waals surface area (Å²) in [5.74, 6) is 0.333. The second kappa shape index (κ2) is 8.54. The monoisotopic (exact) mass is 481 g/mol. The van der Waals surface area contributed by atoms with Crippen LogP contribution in [0.25, 0.3) is 32.6 Å². The van der Waals surface area contributed by atoms with Crippen LogP contribution in [0.5, 0.6) is 0 Å². The molecule has 1 fully saturated rings. The van der Waals surface area contributed by atoms with Crippen molar-refractivity contribution in [1.82, 2.24) is 4.57 Å². The number of aromatic nitrogens is 1. The third-order valence-electron chi connectivity index (χ3n) is 7.00. The molecule has 0 bridgehead atoms. The molecule has 0 N–H and O–H groups in total. The highest BCUT2D eigenvalue weighted by atomic mass is 32.2. The normalized spacial score (nSPS) is 17.7. The number of rotatable bonds is 5. The van der Waals surface area contributed by atoms with Crippen LogP contribution in [0.1, 0.15) is 18.9 Å². The third kappa shape index (κ3) is 3.98. The summed E-state index contributed by atoms with van der Waals surface area (Å²) >= 11 is 0. The molecule has 1 aliphatic heterocycles. The Morgan fingerprint density at radius 3 is 2.49 bits per heavy atom. The first-order chi connectivity index (χ1) is 17.0. The smallest absolute Gasteiger partial charge is 0.152 e. The summed E-state index contributed by atoms with van der Waals surface area (Å²) in [5, 5.41) is 11.5. The first-order valence-corrected chi connectivity index (χ1v) is 13.9. The minimum absolute atomic E-state index is 0.125. The molecule has 0 aliphatic carbocycles. The highest BCUT2D eigenvalue weighted by Crippen LogP contribution is 2.31. The topological polar surface area (TPSA) is 54.7 Å². The summed E-state index contributed by atoms with van der Waals surface area (Å²) in [5.41, 5.74) is 4.33. The van der Waals surface area contributed by atoms with E-state index in [2.05, 4.69) is 78.2 Å². The van der Waals surface area contributed by atoms with Crippen molar-refractivity contribution in [1.29, 1.82) is 0 Å². The maximum Gasteiger partial charge on any atom is 0.152 e. The van der Waals surface area contributed by atoms with Crippen LogP contribution >= 0.6 is 0 Å². The van der Waals surface area contributed by atoms with Crippen molar-refractivity contribution >= 4 is 54.3 Å². The van der Waals surface area contributed by atoms with Crippen LogP contribution in [0, 0.1) is 0 Å². The zero-order valence-corrected chi connectivity index (χ0v) is 20.4. The van der Waals surface area contributed by atoms with E-state index in [0.29, 0.717) is 6.42 Å². The molecule has 6 heteroatoms. The molecule has 2 heterocycles. The van der Waals surface area contributed by atoms with Crippen LogP contribution in [0.15, 0.2) is 90.0 Å². The van der Waals surface area contributed by atoms with Crippen molar-refractivity contribution in [3.05, 3.63) is 90.5 Å². The molecule has 176 valence electrons. The van der Waals surface area contributed by atoms with Crippen LogP contribution in [-0.2, 0) is 16.4 Å². The minimum atomic E-state index is -3.05. The molecule has 0 amide bonds. The van der Waals surface area contributed by atoms with E-state index in [1.54, 1.807) is 0 Å². The quantitative estimate of drug-likeness (QED) is 0.229. The van der Waals surface area contributed by atoms with Crippen molar-refractivity contribution in [3.8, 4) is 0 Å². The number of benzene rings is 4. The van der Waals surface area contributed by atoms with E-state index in [0.717, 1.165) is 28.6 Å². The van der Waals surface area contributed by atoms with Crippen LogP contribution in [0.3, 0.4) is 0 Å². The number of hydrazone groups is 1. The Morgan fingerprint density at radius 2 is 1.69 bits per heavy atom. The molecule has 0 saturated carbocycles. The summed E-state index contributed by atoms with van der Waals surface area (Å²) in [7, 11) is -3.05. The second-order valence-corrected chi connectivity index (χ2v) is 11.4. The van der Waals surface area contributed by atoms with Gasteiger partial charge in [0, 0.05) is 28.4 Å². The largest absolute Gasteiger partial charge is 0.341 e. The van der Waals surface area contributed by atoms with E-state index in [1.807, 2.05) is 29.4 Å². The fourth-order valence-corrected chi connectivity index (χ4v) is 6.97. The summed E-state index contributed by atoms with van der Waals surface area (Å²) in [6.07, 6.45) is 2.44. The first kappa shape index (κ1) is 21.9. The van der Waals surface area contributed by atoms with Crippen molar-refractivity contribution in [2.45, 2.75) is 25.9 Å². The van der Waals surface area contributed by atoms with E-state index in [9.17, 15) is 8.42 Å². The number of hydrogen-bond donors (Lipinski definition) is 0. The highest BCUT2D eigenvalue weighted by molar-refractivity contribution is 7.91. The van der Waals surface area contributed by atoms with Gasteiger partial charge < -0.3 is 4.57 Å². The van der Waals surface area contributed by atoms with E-state index >= 15 is 0 Å². The summed E-state index contributed by atoms with van der Waals surface area (Å²) in [6, 6.07) is 29.1. The van der Waals surface area contributed by atoms with Crippen LogP contribution < -0.4 is 5.01 Å². The van der Waals surface area contributed by atoms with Gasteiger partial charge in [-0.3, -0.25) is 5.01 Å². The summed E-state index contributed by atoms with van der Waals surface area (Å²) < 4.78 is 26.9. The molecule has 35 heavy (non-hydrogen) atoms. The molecule has 6 rings (SSSR count). The molecular weight excluding hydrogens is 454 g/mol. The van der Waals surface area contributed by atoms with Gasteiger partial charge in [0.05, 0.1) is 29.4 Å². The van der Waals surface area contributed by atoms with E-state index in [4.69, 9.17) is 5.10 Å². The van der Waals surface area contributed by atoms with Gasteiger partial charge in [0.2, 0.25) is 0 Å². The number of nitrogens with zero attached hydrogens (tertiary/aromatic N) is 3. The molecule has 1 atom stereocenters. The fourth-order valence-electron chi connectivity index (χ4n) is 5.28. The Balaban J connectivity index is 1.42. The van der Waals surface area contributed by atoms with Crippen molar-refractivity contribution in [2.24, 2.45) is 5.10 Å². The third-order valence-corrected chi connectivity index (χ3v) is 8.75. The number of aryl methyl sites for hydroxylation is 1. The van der Waals surface area contributed by atoms with Gasteiger partial charge in [-0.1, -0.05) is 54.6 Å². The average Bonchev–Trinajstić information content (AvgIpc) is 3.40. The maximum absolute atomic E-state index is 12.3. The predicted octanol–water partition coefficient (Wildman–Crippen LogP) is 6.00. The molecule has 1 aromatic heterocycles. The number of anilines is 1. The van der Waals surface area contributed by atoms with Gasteiger partial charge in [0.25, 0.3) is 0 Å². The lowest BCUT2D eigenvalue weighted by Gasteiger charge is -2.25. The second-order valence-electron chi connectivity index (χ2n) is 9.22. The Bertz CT molecular complexity index is 1700. The lowest BCUT2D eigenvalue weighted by Crippen LogP contribution is -2.32. The van der Waals surface area contributed by atoms with Crippen molar-refractivity contribution < 1.29 is 8.42 Å². The van der Waals surface area contributed by atoms with Gasteiger partial charge in [0.15, 0.2) is 9.84 Å². The van der Waals surface area contributed by atoms with E-state index in [-0.39, 0.29) is 17.5 Å². The van der Waals surface area contributed by atoms with Gasteiger partial charge in [-0.05, 0) is 60.0 Å². The molecule has 4 aromatic carbocycles. The van der Waals surface area contributed by atoms with Crippen LogP contribution in [0.2, 0.25) is 0 Å². The molecule has 5 aromatic rings. The predicted molar refractivity (Wildman–Crippen MR) is 146 cm³/mol. The first-order valence-electron chi connectivity index (χ1n) is 12.1. The molecule has 0 radical (unpaired) electrons. The molecular formula is C29H27N3O2S. The van der Waals surface area contributed by atoms with E-state index in [1.165, 1.54) is 21.8 Å². The molecule has 5 nitrogen and oxygen atoms in total. The standard InChI is InChI=1S/C29H27N3O2S/c1-2-31-28-10-6-5-9-26(28)27-17-21(11-14-29(27)31)19-30-32(25-15-16-35(33,34)20-25)24-13-12-22-7-3-4-8-23(22)18-24/h3-14,17-19,25H,2,15-16,20H2,1H3/b30-19-. The van der Waals surface area contributed by atoms with E-state index < -0.39 is 9.84 Å². The summed E-state index contributed by atoms with van der Waals surface area (Å²) in [6.45, 7) is 3.07. The Kier molecular flexibility index (Phi) is 5.33. The molecule has 1 saturated heterocycles. The van der Waals surface area contributed by atoms with Crippen molar-refractivity contribution in [2.75, 3.05) is 16.5 Å². The Labute approximate surface area is 205 Å². The molecule has 1 unspecified atom stereocenters. The molecule has 0 spiro atoms. The fraction of sp³-hybridized carbons (Fsp3) is 0.207. The number of hydrogen-bond acceptors (Lipinski definition) is 4. The van der Waals surface area contributed by atoms with Crippen LogP contribution in [0.4, 0.5) is 5.69 Å². The average molecular weight is 482 g/mol. The van der Waals surface area contributed by atoms with Gasteiger partial charge in [-0.2, -0.15) is 5.10 Å². The minimum Gasteiger partial charge on any atom is -0.341 e.